The highest BCUT2D eigenvalue weighted by Gasteiger charge is 2.18. The van der Waals surface area contributed by atoms with E-state index in [9.17, 15) is 0 Å². The van der Waals surface area contributed by atoms with Gasteiger partial charge in [-0.2, -0.15) is 0 Å². The van der Waals surface area contributed by atoms with Gasteiger partial charge in [0.05, 0.1) is 0 Å². The van der Waals surface area contributed by atoms with Crippen LogP contribution in [0.15, 0.2) is 48.8 Å². The highest BCUT2D eigenvalue weighted by molar-refractivity contribution is 14.1. The molecule has 0 radical (unpaired) electrons. The molecule has 1 atom stereocenters. The average Bonchev–Trinajstić information content (AvgIpc) is 2.39. The van der Waals surface area contributed by atoms with Crippen molar-refractivity contribution in [1.82, 2.24) is 4.98 Å². The standard InChI is InChI=1S/C14H10ClIN2/c15-14-8-11(9-3-5-17-6-4-9)12-7-10(16)1-2-13(12)18-14/h1-8,14,18H. The summed E-state index contributed by atoms with van der Waals surface area (Å²) in [6.07, 6.45) is 5.64. The molecule has 0 aliphatic carbocycles. The number of halogens is 2. The van der Waals surface area contributed by atoms with Crippen LogP contribution in [0, 0.1) is 3.57 Å². The monoisotopic (exact) mass is 368 g/mol. The van der Waals surface area contributed by atoms with Gasteiger partial charge in [0.2, 0.25) is 0 Å². The molecule has 4 heteroatoms. The number of anilines is 1. The van der Waals surface area contributed by atoms with Crippen LogP contribution < -0.4 is 5.32 Å². The zero-order valence-corrected chi connectivity index (χ0v) is 12.3. The Labute approximate surface area is 124 Å². The number of pyridine rings is 1. The van der Waals surface area contributed by atoms with Gasteiger partial charge in [0, 0.05) is 27.2 Å². The highest BCUT2D eigenvalue weighted by atomic mass is 127. The third-order valence-electron chi connectivity index (χ3n) is 2.87. The Hall–Kier alpha value is -1.07. The van der Waals surface area contributed by atoms with Crippen molar-refractivity contribution in [3.05, 3.63) is 63.5 Å². The van der Waals surface area contributed by atoms with Crippen molar-refractivity contribution < 1.29 is 0 Å². The third-order valence-corrected chi connectivity index (χ3v) is 3.78. The molecule has 0 saturated carbocycles. The molecule has 2 nitrogen and oxygen atoms in total. The first kappa shape index (κ1) is 12.0. The van der Waals surface area contributed by atoms with Gasteiger partial charge in [-0.05, 0) is 70.1 Å². The predicted molar refractivity (Wildman–Crippen MR) is 83.7 cm³/mol. The Bertz CT molecular complexity index is 610. The molecule has 2 aromatic rings. The van der Waals surface area contributed by atoms with Crippen molar-refractivity contribution in [3.8, 4) is 0 Å². The van der Waals surface area contributed by atoms with Gasteiger partial charge in [0.25, 0.3) is 0 Å². The Balaban J connectivity index is 2.17. The summed E-state index contributed by atoms with van der Waals surface area (Å²) in [7, 11) is 0. The number of aromatic nitrogens is 1. The summed E-state index contributed by atoms with van der Waals surface area (Å²) >= 11 is 8.54. The van der Waals surface area contributed by atoms with Crippen molar-refractivity contribution in [1.29, 1.82) is 0 Å². The van der Waals surface area contributed by atoms with E-state index in [1.807, 2.05) is 18.2 Å². The Morgan fingerprint density at radius 2 is 1.94 bits per heavy atom. The first-order valence-corrected chi connectivity index (χ1v) is 7.08. The molecule has 90 valence electrons. The molecule has 1 aliphatic rings. The fraction of sp³-hybridized carbons (Fsp3) is 0.0714. The molecule has 0 spiro atoms. The second-order valence-corrected chi connectivity index (χ2v) is 5.77. The topological polar surface area (TPSA) is 24.9 Å². The quantitative estimate of drug-likeness (QED) is 0.465. The van der Waals surface area contributed by atoms with Crippen LogP contribution in [0.2, 0.25) is 0 Å². The van der Waals surface area contributed by atoms with Crippen molar-refractivity contribution in [2.24, 2.45) is 0 Å². The average molecular weight is 369 g/mol. The minimum absolute atomic E-state index is 0.180. The van der Waals surface area contributed by atoms with Crippen molar-refractivity contribution >= 4 is 45.5 Å². The minimum atomic E-state index is -0.180. The van der Waals surface area contributed by atoms with E-state index in [0.717, 1.165) is 16.8 Å². The van der Waals surface area contributed by atoms with Crippen LogP contribution in [0.3, 0.4) is 0 Å². The van der Waals surface area contributed by atoms with E-state index in [0.29, 0.717) is 0 Å². The van der Waals surface area contributed by atoms with E-state index in [1.54, 1.807) is 12.4 Å². The lowest BCUT2D eigenvalue weighted by Gasteiger charge is -2.23. The number of benzene rings is 1. The first-order valence-electron chi connectivity index (χ1n) is 5.57. The minimum Gasteiger partial charge on any atom is -0.366 e. The summed E-state index contributed by atoms with van der Waals surface area (Å²) in [6.45, 7) is 0. The van der Waals surface area contributed by atoms with Crippen LogP contribution in [0.4, 0.5) is 5.69 Å². The van der Waals surface area contributed by atoms with Gasteiger partial charge in [-0.15, -0.1) is 0 Å². The number of nitrogens with one attached hydrogen (secondary N) is 1. The second kappa shape index (κ2) is 4.90. The van der Waals surface area contributed by atoms with E-state index in [-0.39, 0.29) is 5.50 Å². The predicted octanol–water partition coefficient (Wildman–Crippen LogP) is 4.11. The molecule has 1 N–H and O–H groups in total. The fourth-order valence-corrected chi connectivity index (χ4v) is 2.81. The molecule has 0 saturated heterocycles. The molecule has 1 aromatic carbocycles. The molecule has 0 fully saturated rings. The van der Waals surface area contributed by atoms with Crippen molar-refractivity contribution in [2.45, 2.75) is 5.50 Å². The number of hydrogen-bond acceptors (Lipinski definition) is 2. The van der Waals surface area contributed by atoms with Gasteiger partial charge < -0.3 is 5.32 Å². The lowest BCUT2D eigenvalue weighted by Crippen LogP contribution is -2.16. The molecule has 1 aromatic heterocycles. The van der Waals surface area contributed by atoms with E-state index >= 15 is 0 Å². The molecule has 0 amide bonds. The maximum atomic E-state index is 6.22. The smallest absolute Gasteiger partial charge is 0.121 e. The molecule has 2 heterocycles. The van der Waals surface area contributed by atoms with Crippen molar-refractivity contribution in [3.63, 3.8) is 0 Å². The molecule has 1 unspecified atom stereocenters. The van der Waals surface area contributed by atoms with Gasteiger partial charge in [0.1, 0.15) is 5.50 Å². The Kier molecular flexibility index (Phi) is 3.26. The molecule has 3 rings (SSSR count). The summed E-state index contributed by atoms with van der Waals surface area (Å²) < 4.78 is 1.21. The molecule has 0 bridgehead atoms. The number of nitrogens with zero attached hydrogens (tertiary/aromatic N) is 1. The normalized spacial score (nSPS) is 17.7. The van der Waals surface area contributed by atoms with E-state index in [1.165, 1.54) is 9.13 Å². The number of rotatable bonds is 1. The van der Waals surface area contributed by atoms with Gasteiger partial charge in [-0.1, -0.05) is 11.6 Å². The fourth-order valence-electron chi connectivity index (χ4n) is 2.07. The third kappa shape index (κ3) is 2.24. The lowest BCUT2D eigenvalue weighted by molar-refractivity contribution is 1.19. The van der Waals surface area contributed by atoms with E-state index in [2.05, 4.69) is 51.1 Å². The van der Waals surface area contributed by atoms with Crippen molar-refractivity contribution in [2.75, 3.05) is 5.32 Å². The van der Waals surface area contributed by atoms with Crippen LogP contribution in [-0.2, 0) is 0 Å². The maximum Gasteiger partial charge on any atom is 0.121 e. The summed E-state index contributed by atoms with van der Waals surface area (Å²) in [4.78, 5) is 4.06. The lowest BCUT2D eigenvalue weighted by atomic mass is 9.94. The molecule has 18 heavy (non-hydrogen) atoms. The second-order valence-electron chi connectivity index (χ2n) is 4.05. The van der Waals surface area contributed by atoms with Crippen LogP contribution in [-0.4, -0.2) is 10.5 Å². The van der Waals surface area contributed by atoms with Crippen LogP contribution in [0.25, 0.3) is 5.57 Å². The van der Waals surface area contributed by atoms with Gasteiger partial charge in [0.15, 0.2) is 0 Å². The number of fused-ring (bicyclic) bond motifs is 1. The van der Waals surface area contributed by atoms with Gasteiger partial charge in [-0.3, -0.25) is 4.98 Å². The molecule has 1 aliphatic heterocycles. The Morgan fingerprint density at radius 3 is 2.72 bits per heavy atom. The summed E-state index contributed by atoms with van der Waals surface area (Å²) in [5.41, 5.74) is 4.38. The van der Waals surface area contributed by atoms with Gasteiger partial charge in [-0.25, -0.2) is 0 Å². The summed E-state index contributed by atoms with van der Waals surface area (Å²) in [5.74, 6) is 0. The Morgan fingerprint density at radius 1 is 1.17 bits per heavy atom. The van der Waals surface area contributed by atoms with E-state index < -0.39 is 0 Å². The number of hydrogen-bond donors (Lipinski definition) is 1. The van der Waals surface area contributed by atoms with Crippen LogP contribution in [0.5, 0.6) is 0 Å². The van der Waals surface area contributed by atoms with E-state index in [4.69, 9.17) is 11.6 Å². The number of alkyl halides is 1. The summed E-state index contributed by atoms with van der Waals surface area (Å²) in [5, 5.41) is 3.26. The zero-order chi connectivity index (χ0) is 12.5. The maximum absolute atomic E-state index is 6.22. The molecular weight excluding hydrogens is 359 g/mol. The zero-order valence-electron chi connectivity index (χ0n) is 9.40. The van der Waals surface area contributed by atoms with Gasteiger partial charge >= 0.3 is 0 Å². The molecular formula is C14H10ClIN2. The highest BCUT2D eigenvalue weighted by Crippen LogP contribution is 2.35. The van der Waals surface area contributed by atoms with Crippen LogP contribution in [0.1, 0.15) is 11.1 Å². The van der Waals surface area contributed by atoms with Crippen LogP contribution >= 0.6 is 34.2 Å². The first-order chi connectivity index (χ1) is 8.74. The SMILES string of the molecule is ClC1C=C(c2ccncc2)c2cc(I)ccc2N1. The largest absolute Gasteiger partial charge is 0.366 e. The summed E-state index contributed by atoms with van der Waals surface area (Å²) in [6, 6.07) is 10.3.